The van der Waals surface area contributed by atoms with Gasteiger partial charge in [0.1, 0.15) is 11.7 Å². The van der Waals surface area contributed by atoms with E-state index >= 15 is 0 Å². The second-order valence-electron chi connectivity index (χ2n) is 2.66. The van der Waals surface area contributed by atoms with Crippen molar-refractivity contribution < 1.29 is 14.3 Å². The number of carbonyl (C=O) groups is 2. The topological polar surface area (TPSA) is 46.6 Å². The summed E-state index contributed by atoms with van der Waals surface area (Å²) in [6.07, 6.45) is 0.447. The molecular weight excluding hydrogens is 273 g/mol. The summed E-state index contributed by atoms with van der Waals surface area (Å²) in [5.41, 5.74) is 0. The van der Waals surface area contributed by atoms with Gasteiger partial charge < -0.3 is 4.74 Å². The first-order valence-corrected chi connectivity index (χ1v) is 4.63. The third-order valence-corrected chi connectivity index (χ3v) is 2.73. The third-order valence-electron chi connectivity index (χ3n) is 1.86. The van der Waals surface area contributed by atoms with Gasteiger partial charge in [0.15, 0.2) is 0 Å². The van der Waals surface area contributed by atoms with Gasteiger partial charge >= 0.3 is 5.97 Å². The van der Waals surface area contributed by atoms with Crippen molar-refractivity contribution in [2.75, 3.05) is 20.2 Å². The van der Waals surface area contributed by atoms with E-state index in [2.05, 4.69) is 27.6 Å². The molecular formula is C7H10INO3. The molecule has 0 aromatic rings. The van der Waals surface area contributed by atoms with Gasteiger partial charge in [0.05, 0.1) is 7.11 Å². The molecule has 12 heavy (non-hydrogen) atoms. The molecule has 0 aromatic heterocycles. The Kier molecular flexibility index (Phi) is 3.45. The minimum atomic E-state index is -0.569. The number of halogens is 1. The van der Waals surface area contributed by atoms with Gasteiger partial charge in [0.2, 0.25) is 0 Å². The molecule has 0 radical (unpaired) electrons. The number of piperidine rings is 1. The van der Waals surface area contributed by atoms with Crippen molar-refractivity contribution >= 4 is 34.6 Å². The zero-order valence-corrected chi connectivity index (χ0v) is 8.91. The van der Waals surface area contributed by atoms with Crippen LogP contribution in [0, 0.1) is 5.92 Å². The second kappa shape index (κ2) is 4.18. The molecule has 1 atom stereocenters. The van der Waals surface area contributed by atoms with Crippen molar-refractivity contribution in [1.29, 1.82) is 0 Å². The van der Waals surface area contributed by atoms with Crippen molar-refractivity contribution in [1.82, 2.24) is 3.11 Å². The lowest BCUT2D eigenvalue weighted by molar-refractivity contribution is -0.150. The summed E-state index contributed by atoms with van der Waals surface area (Å²) in [4.78, 5) is 22.3. The van der Waals surface area contributed by atoms with Gasteiger partial charge in [0, 0.05) is 42.4 Å². The lowest BCUT2D eigenvalue weighted by Gasteiger charge is -2.24. The molecule has 0 aromatic carbocycles. The lowest BCUT2D eigenvalue weighted by Crippen LogP contribution is -2.40. The van der Waals surface area contributed by atoms with E-state index < -0.39 is 11.9 Å². The maximum Gasteiger partial charge on any atom is 0.317 e. The first kappa shape index (κ1) is 9.91. The Morgan fingerprint density at radius 3 is 3.00 bits per heavy atom. The fraction of sp³-hybridized carbons (Fsp3) is 0.714. The molecule has 4 nitrogen and oxygen atoms in total. The highest BCUT2D eigenvalue weighted by atomic mass is 127. The van der Waals surface area contributed by atoms with E-state index in [-0.39, 0.29) is 5.78 Å². The molecule has 5 heteroatoms. The monoisotopic (exact) mass is 283 g/mol. The maximum atomic E-state index is 11.2. The molecule has 0 amide bonds. The summed E-state index contributed by atoms with van der Waals surface area (Å²) in [6, 6.07) is 0. The molecule has 0 aliphatic carbocycles. The van der Waals surface area contributed by atoms with E-state index in [4.69, 9.17) is 0 Å². The number of nitrogens with zero attached hydrogens (tertiary/aromatic N) is 1. The number of rotatable bonds is 1. The number of hydrogen-bond donors (Lipinski definition) is 0. The number of methoxy groups -OCH3 is 1. The molecule has 0 saturated carbocycles. The van der Waals surface area contributed by atoms with Crippen molar-refractivity contribution in [2.24, 2.45) is 5.92 Å². The van der Waals surface area contributed by atoms with Gasteiger partial charge in [-0.3, -0.25) is 9.59 Å². The molecule has 1 aliphatic rings. The average molecular weight is 283 g/mol. The van der Waals surface area contributed by atoms with Crippen LogP contribution < -0.4 is 0 Å². The Morgan fingerprint density at radius 2 is 2.42 bits per heavy atom. The number of ketones is 1. The van der Waals surface area contributed by atoms with Crippen molar-refractivity contribution in [3.8, 4) is 0 Å². The molecule has 0 N–H and O–H groups in total. The average Bonchev–Trinajstić information content (AvgIpc) is 2.08. The normalized spacial score (nSPS) is 25.5. The third kappa shape index (κ3) is 2.16. The van der Waals surface area contributed by atoms with Crippen LogP contribution in [0.15, 0.2) is 0 Å². The Hall–Kier alpha value is -0.170. The number of Topliss-reactive ketones (excluding diaryl/α,β-unsaturated/α-hetero) is 1. The fourth-order valence-corrected chi connectivity index (χ4v) is 1.78. The van der Waals surface area contributed by atoms with Crippen molar-refractivity contribution in [3.05, 3.63) is 0 Å². The lowest BCUT2D eigenvalue weighted by atomic mass is 9.98. The molecule has 1 rings (SSSR count). The van der Waals surface area contributed by atoms with Crippen LogP contribution in [0.5, 0.6) is 0 Å². The Bertz CT molecular complexity index is 199. The van der Waals surface area contributed by atoms with Gasteiger partial charge in [0.25, 0.3) is 0 Å². The highest BCUT2D eigenvalue weighted by molar-refractivity contribution is 14.1. The first-order chi connectivity index (χ1) is 5.65. The van der Waals surface area contributed by atoms with Crippen LogP contribution in [-0.2, 0) is 14.3 Å². The summed E-state index contributed by atoms with van der Waals surface area (Å²) in [6.45, 7) is 1.21. The highest BCUT2D eigenvalue weighted by Crippen LogP contribution is 2.17. The van der Waals surface area contributed by atoms with Crippen LogP contribution in [0.25, 0.3) is 0 Å². The molecule has 1 unspecified atom stereocenters. The van der Waals surface area contributed by atoms with Crippen molar-refractivity contribution in [3.63, 3.8) is 0 Å². The van der Waals surface area contributed by atoms with Crippen LogP contribution in [0.2, 0.25) is 0 Å². The quantitative estimate of drug-likeness (QED) is 0.302. The van der Waals surface area contributed by atoms with Crippen LogP contribution in [0.1, 0.15) is 6.42 Å². The minimum absolute atomic E-state index is 0.00485. The Morgan fingerprint density at radius 1 is 1.75 bits per heavy atom. The smallest absolute Gasteiger partial charge is 0.317 e. The fourth-order valence-electron chi connectivity index (χ4n) is 1.15. The molecule has 0 spiro atoms. The molecule has 68 valence electrons. The zero-order chi connectivity index (χ0) is 9.14. The molecule has 1 fully saturated rings. The van der Waals surface area contributed by atoms with Gasteiger partial charge in [-0.15, -0.1) is 0 Å². The van der Waals surface area contributed by atoms with Gasteiger partial charge in [-0.25, -0.2) is 3.11 Å². The van der Waals surface area contributed by atoms with Gasteiger partial charge in [-0.1, -0.05) is 0 Å². The van der Waals surface area contributed by atoms with E-state index in [0.29, 0.717) is 13.0 Å². The SMILES string of the molecule is COC(=O)C1CN(I)CCC1=O. The van der Waals surface area contributed by atoms with E-state index in [1.807, 2.05) is 3.11 Å². The van der Waals surface area contributed by atoms with Crippen LogP contribution in [0.4, 0.5) is 0 Å². The van der Waals surface area contributed by atoms with Crippen LogP contribution >= 0.6 is 22.9 Å². The van der Waals surface area contributed by atoms with E-state index in [9.17, 15) is 9.59 Å². The standard InChI is InChI=1S/C7H10INO3/c1-12-7(11)5-4-9(8)3-2-6(5)10/h5H,2-4H2,1H3. The predicted octanol–water partition coefficient (Wildman–Crippen LogP) is 0.400. The summed E-state index contributed by atoms with van der Waals surface area (Å²) >= 11 is 2.10. The summed E-state index contributed by atoms with van der Waals surface area (Å²) in [5, 5.41) is 0. The van der Waals surface area contributed by atoms with Crippen LogP contribution in [0.3, 0.4) is 0 Å². The van der Waals surface area contributed by atoms with Crippen LogP contribution in [-0.4, -0.2) is 35.1 Å². The van der Waals surface area contributed by atoms with E-state index in [1.54, 1.807) is 0 Å². The highest BCUT2D eigenvalue weighted by Gasteiger charge is 2.32. The van der Waals surface area contributed by atoms with E-state index in [0.717, 1.165) is 6.54 Å². The number of esters is 1. The first-order valence-electron chi connectivity index (χ1n) is 3.66. The summed E-state index contributed by atoms with van der Waals surface area (Å²) in [7, 11) is 1.31. The zero-order valence-electron chi connectivity index (χ0n) is 6.75. The largest absolute Gasteiger partial charge is 0.468 e. The summed E-state index contributed by atoms with van der Waals surface area (Å²) < 4.78 is 6.45. The number of ether oxygens (including phenoxy) is 1. The molecule has 1 heterocycles. The second-order valence-corrected chi connectivity index (χ2v) is 4.03. The number of carbonyl (C=O) groups excluding carboxylic acids is 2. The molecule has 0 bridgehead atoms. The Balaban J connectivity index is 2.60. The maximum absolute atomic E-state index is 11.2. The van der Waals surface area contributed by atoms with Gasteiger partial charge in [-0.05, 0) is 0 Å². The molecule has 1 aliphatic heterocycles. The van der Waals surface area contributed by atoms with Gasteiger partial charge in [-0.2, -0.15) is 0 Å². The van der Waals surface area contributed by atoms with E-state index in [1.165, 1.54) is 7.11 Å². The predicted molar refractivity (Wildman–Crippen MR) is 50.7 cm³/mol. The minimum Gasteiger partial charge on any atom is -0.468 e. The number of hydrogen-bond acceptors (Lipinski definition) is 4. The van der Waals surface area contributed by atoms with Crippen molar-refractivity contribution in [2.45, 2.75) is 6.42 Å². The Labute approximate surface area is 84.7 Å². The molecule has 1 saturated heterocycles. The summed E-state index contributed by atoms with van der Waals surface area (Å²) in [5.74, 6) is -0.989.